The topological polar surface area (TPSA) is 167 Å². The fourth-order valence-electron chi connectivity index (χ4n) is 11.1. The molecule has 13 nitrogen and oxygen atoms in total. The van der Waals surface area contributed by atoms with E-state index in [1.165, 1.54) is 46.2 Å². The summed E-state index contributed by atoms with van der Waals surface area (Å²) in [6.45, 7) is 22.0. The second-order valence-corrected chi connectivity index (χ2v) is 24.0. The van der Waals surface area contributed by atoms with Crippen LogP contribution in [0.25, 0.3) is 0 Å². The quantitative estimate of drug-likeness (QED) is 0.0143. The Labute approximate surface area is 552 Å². The van der Waals surface area contributed by atoms with Crippen molar-refractivity contribution in [2.45, 2.75) is 239 Å². The highest BCUT2D eigenvalue weighted by molar-refractivity contribution is 5.22. The van der Waals surface area contributed by atoms with E-state index < -0.39 is 12.2 Å². The van der Waals surface area contributed by atoms with Gasteiger partial charge in [0.25, 0.3) is 0 Å². The van der Waals surface area contributed by atoms with E-state index in [-0.39, 0.29) is 59.3 Å². The van der Waals surface area contributed by atoms with Crippen LogP contribution in [-0.4, -0.2) is 143 Å². The lowest BCUT2D eigenvalue weighted by atomic mass is 9.88. The third-order valence-electron chi connectivity index (χ3n) is 16.3. The number of rotatable bonds is 51. The van der Waals surface area contributed by atoms with Crippen LogP contribution in [-0.2, 0) is 42.6 Å². The molecule has 0 radical (unpaired) electrons. The molecule has 91 heavy (non-hydrogen) atoms. The molecular weight excluding hydrogens is 1140 g/mol. The third-order valence-corrected chi connectivity index (χ3v) is 16.3. The zero-order valence-electron chi connectivity index (χ0n) is 56.9. The van der Waals surface area contributed by atoms with Gasteiger partial charge in [-0.05, 0) is 204 Å². The minimum atomic E-state index is -0.664. The minimum Gasteiger partial charge on any atom is -0.396 e. The molecule has 1 saturated heterocycles. The summed E-state index contributed by atoms with van der Waals surface area (Å²) >= 11 is 0. The van der Waals surface area contributed by atoms with Crippen molar-refractivity contribution in [2.75, 3.05) is 85.9 Å². The van der Waals surface area contributed by atoms with Crippen molar-refractivity contribution in [1.82, 2.24) is 0 Å². The van der Waals surface area contributed by atoms with Crippen LogP contribution >= 0.6 is 0 Å². The molecule has 516 valence electrons. The molecule has 4 aromatic rings. The number of hydrogen-bond donors (Lipinski definition) is 4. The number of aliphatic hydroxyl groups is 4. The first-order valence-corrected chi connectivity index (χ1v) is 34.4. The van der Waals surface area contributed by atoms with E-state index in [4.69, 9.17) is 47.7 Å². The van der Waals surface area contributed by atoms with E-state index in [0.29, 0.717) is 76.0 Å². The Bertz CT molecular complexity index is 2280. The number of benzene rings is 4. The average molecular weight is 1270 g/mol. The van der Waals surface area contributed by atoms with Gasteiger partial charge in [0.2, 0.25) is 0 Å². The highest BCUT2D eigenvalue weighted by Crippen LogP contribution is 2.31. The van der Waals surface area contributed by atoms with Crippen molar-refractivity contribution in [3.8, 4) is 0 Å². The lowest BCUT2D eigenvalue weighted by Gasteiger charge is -2.19. The predicted octanol–water partition coefficient (Wildman–Crippen LogP) is 17.0. The van der Waals surface area contributed by atoms with Crippen molar-refractivity contribution in [3.05, 3.63) is 167 Å². The second-order valence-electron chi connectivity index (χ2n) is 24.0. The van der Waals surface area contributed by atoms with Crippen LogP contribution in [0.1, 0.15) is 224 Å². The minimum absolute atomic E-state index is 0. The predicted molar refractivity (Wildman–Crippen MR) is 373 cm³/mol. The van der Waals surface area contributed by atoms with Gasteiger partial charge in [0.1, 0.15) is 18.3 Å². The number of unbranched alkanes of at least 4 members (excludes halogenated alkanes) is 2. The Morgan fingerprint density at radius 2 is 0.802 bits per heavy atom. The first-order valence-electron chi connectivity index (χ1n) is 34.4. The molecule has 1 heterocycles. The summed E-state index contributed by atoms with van der Waals surface area (Å²) in [6.07, 6.45) is 22.5. The first kappa shape index (κ1) is 82.9. The maximum absolute atomic E-state index is 10.2. The molecule has 1 aliphatic heterocycles. The Balaban J connectivity index is 0.000000575. The molecule has 1 aliphatic rings. The summed E-state index contributed by atoms with van der Waals surface area (Å²) in [5.74, 6) is 1.97. The second kappa shape index (κ2) is 55.2. The summed E-state index contributed by atoms with van der Waals surface area (Å²) in [4.78, 5) is 0. The van der Waals surface area contributed by atoms with E-state index in [1.807, 2.05) is 41.5 Å². The van der Waals surface area contributed by atoms with Gasteiger partial charge in [0, 0.05) is 46.2 Å². The zero-order valence-corrected chi connectivity index (χ0v) is 56.9. The van der Waals surface area contributed by atoms with E-state index in [2.05, 4.69) is 147 Å². The summed E-state index contributed by atoms with van der Waals surface area (Å²) in [5.41, 5.74) is 8.46. The zero-order chi connectivity index (χ0) is 65.1. The smallest absolute Gasteiger partial charge is 0.154 e. The van der Waals surface area contributed by atoms with Gasteiger partial charge in [-0.15, -0.1) is 0 Å². The molecule has 5 rings (SSSR count). The van der Waals surface area contributed by atoms with Crippen LogP contribution in [0, 0.1) is 0 Å². The molecular formula is C78H126O13. The van der Waals surface area contributed by atoms with Crippen molar-refractivity contribution in [1.29, 1.82) is 0 Å². The molecule has 4 N–H and O–H groups in total. The van der Waals surface area contributed by atoms with Crippen LogP contribution in [0.2, 0.25) is 0 Å². The van der Waals surface area contributed by atoms with Crippen LogP contribution in [0.15, 0.2) is 145 Å². The molecule has 10 unspecified atom stereocenters. The fraction of sp³-hybridized carbons (Fsp3) is 0.641. The number of hydrogen-bond acceptors (Lipinski definition) is 13. The van der Waals surface area contributed by atoms with E-state index >= 15 is 0 Å². The summed E-state index contributed by atoms with van der Waals surface area (Å²) in [7, 11) is 0. The Hall–Kier alpha value is -4.16. The summed E-state index contributed by atoms with van der Waals surface area (Å²) in [6, 6.07) is 43.0. The summed E-state index contributed by atoms with van der Waals surface area (Å²) in [5, 5.41) is 38.8. The van der Waals surface area contributed by atoms with E-state index in [0.717, 1.165) is 109 Å². The van der Waals surface area contributed by atoms with Gasteiger partial charge in [-0.2, -0.15) is 0 Å². The lowest BCUT2D eigenvalue weighted by Crippen LogP contribution is -2.26. The van der Waals surface area contributed by atoms with Crippen molar-refractivity contribution in [2.24, 2.45) is 0 Å². The monoisotopic (exact) mass is 1270 g/mol. The van der Waals surface area contributed by atoms with Crippen molar-refractivity contribution >= 4 is 0 Å². The maximum atomic E-state index is 10.2. The Morgan fingerprint density at radius 1 is 0.440 bits per heavy atom. The average Bonchev–Trinajstić information content (AvgIpc) is 4.61. The number of ether oxygens (including phenoxy) is 9. The van der Waals surface area contributed by atoms with Gasteiger partial charge in [0.15, 0.2) is 18.9 Å². The van der Waals surface area contributed by atoms with Crippen molar-refractivity contribution < 1.29 is 63.1 Å². The normalized spacial score (nSPS) is 16.2. The molecule has 10 atom stereocenters. The lowest BCUT2D eigenvalue weighted by molar-refractivity contribution is -0.149. The molecule has 0 spiro atoms. The molecule has 0 aromatic heterocycles. The van der Waals surface area contributed by atoms with E-state index in [1.54, 1.807) is 0 Å². The van der Waals surface area contributed by atoms with Gasteiger partial charge >= 0.3 is 0 Å². The summed E-state index contributed by atoms with van der Waals surface area (Å²) < 4.78 is 48.6. The molecule has 0 bridgehead atoms. The molecule has 1 fully saturated rings. The fourth-order valence-corrected chi connectivity index (χ4v) is 11.1. The number of aliphatic hydroxyl groups excluding tert-OH is 4. The Kier molecular flexibility index (Phi) is 50.3. The molecule has 0 amide bonds. The highest BCUT2D eigenvalue weighted by atomic mass is 16.7. The number of allylic oxidation sites excluding steroid dienone is 4. The van der Waals surface area contributed by atoms with Gasteiger partial charge in [-0.1, -0.05) is 165 Å². The van der Waals surface area contributed by atoms with E-state index in [9.17, 15) is 15.3 Å². The molecule has 0 aliphatic carbocycles. The van der Waals surface area contributed by atoms with Crippen LogP contribution < -0.4 is 0 Å². The molecule has 0 saturated carbocycles. The molecule has 13 heteroatoms. The van der Waals surface area contributed by atoms with Crippen molar-refractivity contribution in [3.63, 3.8) is 0 Å². The SMILES string of the molecule is C.C/C(=C\CCC(CCCCO)c1ccccc1)CCCC(CCO)c1ccccc1.CCOC(C)OCC(O)COCCCCC(CC/C=C(\C)CCCC(CCOCC(O)COC(C)OCC)c1ccccc1)c1ccccc1.CCOC(C)OCC1CO1. The van der Waals surface area contributed by atoms with Crippen LogP contribution in [0.5, 0.6) is 0 Å². The van der Waals surface area contributed by atoms with Crippen LogP contribution in [0.4, 0.5) is 0 Å². The number of epoxide rings is 1. The largest absolute Gasteiger partial charge is 0.396 e. The molecule has 4 aromatic carbocycles. The first-order chi connectivity index (χ1) is 43.9. The van der Waals surface area contributed by atoms with Gasteiger partial charge in [-0.25, -0.2) is 0 Å². The van der Waals surface area contributed by atoms with Crippen LogP contribution in [0.3, 0.4) is 0 Å². The maximum Gasteiger partial charge on any atom is 0.154 e. The third kappa shape index (κ3) is 42.7. The standard InChI is InChI=1S/C42H68O8.C28H40O2.C7H14O3.CH4/c1-6-47-35(4)49-32-41(43)30-45-28-15-14-24-39(37-20-10-8-11-21-37)25-16-18-34(3)19-17-26-40(38-22-12-9-13-23-38)27-29-46-31-42(44)33-50-36(5)48-7-2;1-24(13-11-20-28(21-23-30)26-16-6-3-7-17-26)12-10-19-27(18-8-9-22-29)25-14-4-2-5-15-25;1-3-8-6(2)9-4-7-5-10-7;/h8-13,18,20-23,35-36,39-44H,6-7,14-17,19,24-33H2,1-5H3;2-7,12,14-17,27-30H,8-11,13,18-23H2,1H3;6-7H,3-5H2,1-2H3;1H4/b34-18+;24-12+;;. The van der Waals surface area contributed by atoms with Gasteiger partial charge < -0.3 is 63.1 Å². The highest BCUT2D eigenvalue weighted by Gasteiger charge is 2.23. The van der Waals surface area contributed by atoms with Gasteiger partial charge in [-0.3, -0.25) is 0 Å². The Morgan fingerprint density at radius 3 is 1.19 bits per heavy atom. The van der Waals surface area contributed by atoms with Gasteiger partial charge in [0.05, 0.1) is 39.6 Å².